The Morgan fingerprint density at radius 3 is 2.76 bits per heavy atom. The van der Waals surface area contributed by atoms with Gasteiger partial charge in [0, 0.05) is 16.5 Å². The number of carbonyl (C=O) groups is 1. The van der Waals surface area contributed by atoms with E-state index in [9.17, 15) is 4.79 Å². The number of carboxylic acid groups (broad SMARTS) is 1. The van der Waals surface area contributed by atoms with Gasteiger partial charge in [0.25, 0.3) is 0 Å². The number of halogens is 1. The Hall–Kier alpha value is -2.04. The summed E-state index contributed by atoms with van der Waals surface area (Å²) in [5.41, 5.74) is 0.0990. The second-order valence-corrected chi connectivity index (χ2v) is 5.86. The van der Waals surface area contributed by atoms with Crippen LogP contribution in [0.1, 0.15) is 10.4 Å². The van der Waals surface area contributed by atoms with Crippen molar-refractivity contribution >= 4 is 40.1 Å². The number of hydrogen-bond acceptors (Lipinski definition) is 3. The minimum atomic E-state index is -1.03. The molecule has 2 aromatic carbocycles. The highest BCUT2D eigenvalue weighted by atomic mass is 35.5. The van der Waals surface area contributed by atoms with Crippen LogP contribution in [0.15, 0.2) is 64.6 Å². The molecule has 3 aromatic rings. The minimum Gasteiger partial charge on any atom is -0.478 e. The van der Waals surface area contributed by atoms with Crippen LogP contribution in [0.3, 0.4) is 0 Å². The molecule has 0 bridgehead atoms. The van der Waals surface area contributed by atoms with Crippen molar-refractivity contribution < 1.29 is 9.90 Å². The van der Waals surface area contributed by atoms with Gasteiger partial charge in [0.05, 0.1) is 10.6 Å². The van der Waals surface area contributed by atoms with E-state index in [1.54, 1.807) is 24.4 Å². The molecule has 1 heterocycles. The van der Waals surface area contributed by atoms with Gasteiger partial charge in [-0.25, -0.2) is 9.78 Å². The fourth-order valence-electron chi connectivity index (χ4n) is 2.02. The summed E-state index contributed by atoms with van der Waals surface area (Å²) in [6.07, 6.45) is 1.75. The normalized spacial score (nSPS) is 10.7. The number of benzene rings is 2. The van der Waals surface area contributed by atoms with E-state index in [-0.39, 0.29) is 10.6 Å². The zero-order chi connectivity index (χ0) is 14.8. The van der Waals surface area contributed by atoms with Crippen molar-refractivity contribution in [3.05, 3.63) is 65.3 Å². The number of aromatic nitrogens is 1. The second-order valence-electron chi connectivity index (χ2n) is 4.39. The van der Waals surface area contributed by atoms with E-state index >= 15 is 0 Å². The molecule has 0 unspecified atom stereocenters. The smallest absolute Gasteiger partial charge is 0.337 e. The largest absolute Gasteiger partial charge is 0.478 e. The molecule has 0 aliphatic heterocycles. The molecule has 0 saturated carbocycles. The van der Waals surface area contributed by atoms with Gasteiger partial charge in [-0.15, -0.1) is 0 Å². The summed E-state index contributed by atoms with van der Waals surface area (Å²) in [5, 5.41) is 12.3. The molecule has 3 rings (SSSR count). The van der Waals surface area contributed by atoms with Crippen molar-refractivity contribution in [1.82, 2.24) is 4.98 Å². The predicted molar refractivity (Wildman–Crippen MR) is 84.3 cm³/mol. The first kappa shape index (κ1) is 13.9. The molecule has 0 atom stereocenters. The van der Waals surface area contributed by atoms with Crippen molar-refractivity contribution in [1.29, 1.82) is 0 Å². The summed E-state index contributed by atoms with van der Waals surface area (Å²) < 4.78 is 0. The van der Waals surface area contributed by atoms with Gasteiger partial charge < -0.3 is 5.11 Å². The van der Waals surface area contributed by atoms with Crippen LogP contribution < -0.4 is 0 Å². The van der Waals surface area contributed by atoms with Crippen molar-refractivity contribution in [2.45, 2.75) is 9.92 Å². The number of aromatic carboxylic acids is 1. The minimum absolute atomic E-state index is 0.0990. The molecule has 0 saturated heterocycles. The van der Waals surface area contributed by atoms with E-state index in [0.29, 0.717) is 0 Å². The highest BCUT2D eigenvalue weighted by Crippen LogP contribution is 2.33. The number of rotatable bonds is 3. The van der Waals surface area contributed by atoms with E-state index in [4.69, 9.17) is 16.7 Å². The zero-order valence-corrected chi connectivity index (χ0v) is 12.4. The van der Waals surface area contributed by atoms with E-state index in [1.807, 2.05) is 30.3 Å². The third-order valence-electron chi connectivity index (χ3n) is 3.02. The summed E-state index contributed by atoms with van der Waals surface area (Å²) in [6, 6.07) is 14.9. The molecule has 0 radical (unpaired) electrons. The Labute approximate surface area is 130 Å². The summed E-state index contributed by atoms with van der Waals surface area (Å²) in [6.45, 7) is 0. The lowest BCUT2D eigenvalue weighted by molar-refractivity contribution is 0.0697. The molecular formula is C16H10ClNO2S. The number of nitrogens with zero attached hydrogens (tertiary/aromatic N) is 1. The van der Waals surface area contributed by atoms with Gasteiger partial charge in [-0.2, -0.15) is 0 Å². The lowest BCUT2D eigenvalue weighted by atomic mass is 10.2. The molecule has 1 N–H and O–H groups in total. The Kier molecular flexibility index (Phi) is 3.82. The Balaban J connectivity index is 2.03. The van der Waals surface area contributed by atoms with E-state index in [0.717, 1.165) is 20.7 Å². The molecule has 1 aromatic heterocycles. The van der Waals surface area contributed by atoms with Gasteiger partial charge in [-0.05, 0) is 29.7 Å². The topological polar surface area (TPSA) is 50.2 Å². The average Bonchev–Trinajstić information content (AvgIpc) is 2.49. The second kappa shape index (κ2) is 5.76. The SMILES string of the molecule is O=C(O)c1cc(Sc2nccc3ccccc23)ccc1Cl. The van der Waals surface area contributed by atoms with Gasteiger partial charge >= 0.3 is 5.97 Å². The maximum Gasteiger partial charge on any atom is 0.337 e. The first-order chi connectivity index (χ1) is 10.1. The zero-order valence-electron chi connectivity index (χ0n) is 10.8. The van der Waals surface area contributed by atoms with E-state index in [1.165, 1.54) is 11.8 Å². The van der Waals surface area contributed by atoms with Gasteiger partial charge in [0.2, 0.25) is 0 Å². The van der Waals surface area contributed by atoms with Crippen LogP contribution in [0.25, 0.3) is 10.8 Å². The van der Waals surface area contributed by atoms with Crippen molar-refractivity contribution in [3.63, 3.8) is 0 Å². The Bertz CT molecular complexity index is 830. The Morgan fingerprint density at radius 2 is 1.95 bits per heavy atom. The maximum absolute atomic E-state index is 11.1. The monoisotopic (exact) mass is 315 g/mol. The van der Waals surface area contributed by atoms with Crippen molar-refractivity contribution in [3.8, 4) is 0 Å². The van der Waals surface area contributed by atoms with Gasteiger partial charge in [0.1, 0.15) is 5.03 Å². The van der Waals surface area contributed by atoms with Crippen LogP contribution in [-0.2, 0) is 0 Å². The van der Waals surface area contributed by atoms with Gasteiger partial charge in [-0.1, -0.05) is 47.6 Å². The third-order valence-corrected chi connectivity index (χ3v) is 4.36. The van der Waals surface area contributed by atoms with Crippen molar-refractivity contribution in [2.75, 3.05) is 0 Å². The number of carboxylic acids is 1. The van der Waals surface area contributed by atoms with Crippen LogP contribution in [0, 0.1) is 0 Å². The number of pyridine rings is 1. The molecule has 0 amide bonds. The molecular weight excluding hydrogens is 306 g/mol. The van der Waals surface area contributed by atoms with Gasteiger partial charge in [-0.3, -0.25) is 0 Å². The van der Waals surface area contributed by atoms with E-state index in [2.05, 4.69) is 4.98 Å². The van der Waals surface area contributed by atoms with E-state index < -0.39 is 5.97 Å². The lowest BCUT2D eigenvalue weighted by Gasteiger charge is -2.06. The highest BCUT2D eigenvalue weighted by Gasteiger charge is 2.11. The summed E-state index contributed by atoms with van der Waals surface area (Å²) in [5.74, 6) is -1.03. The standard InChI is InChI=1S/C16H10ClNO2S/c17-14-6-5-11(9-13(14)16(19)20)21-15-12-4-2-1-3-10(12)7-8-18-15/h1-9H,(H,19,20). The molecule has 0 spiro atoms. The summed E-state index contributed by atoms with van der Waals surface area (Å²) >= 11 is 7.31. The first-order valence-electron chi connectivity index (χ1n) is 6.19. The van der Waals surface area contributed by atoms with Crippen molar-refractivity contribution in [2.24, 2.45) is 0 Å². The van der Waals surface area contributed by atoms with Gasteiger partial charge in [0.15, 0.2) is 0 Å². The van der Waals surface area contributed by atoms with Crippen LogP contribution in [0.2, 0.25) is 5.02 Å². The fourth-order valence-corrected chi connectivity index (χ4v) is 3.16. The summed E-state index contributed by atoms with van der Waals surface area (Å²) in [7, 11) is 0. The fraction of sp³-hybridized carbons (Fsp3) is 0. The first-order valence-corrected chi connectivity index (χ1v) is 7.39. The maximum atomic E-state index is 11.1. The van der Waals surface area contributed by atoms with Crippen LogP contribution in [-0.4, -0.2) is 16.1 Å². The predicted octanol–water partition coefficient (Wildman–Crippen LogP) is 4.74. The average molecular weight is 316 g/mol. The van der Waals surface area contributed by atoms with Crippen LogP contribution in [0.4, 0.5) is 0 Å². The molecule has 21 heavy (non-hydrogen) atoms. The Morgan fingerprint density at radius 1 is 1.14 bits per heavy atom. The molecule has 0 aliphatic rings. The van der Waals surface area contributed by atoms with Crippen LogP contribution >= 0.6 is 23.4 Å². The summed E-state index contributed by atoms with van der Waals surface area (Å²) in [4.78, 5) is 16.3. The third kappa shape index (κ3) is 2.86. The quantitative estimate of drug-likeness (QED) is 0.758. The number of hydrogen-bond donors (Lipinski definition) is 1. The number of fused-ring (bicyclic) bond motifs is 1. The molecule has 3 nitrogen and oxygen atoms in total. The highest BCUT2D eigenvalue weighted by molar-refractivity contribution is 7.99. The van der Waals surface area contributed by atoms with Crippen LogP contribution in [0.5, 0.6) is 0 Å². The molecule has 104 valence electrons. The molecule has 0 fully saturated rings. The lowest BCUT2D eigenvalue weighted by Crippen LogP contribution is -1.97. The molecule has 0 aliphatic carbocycles. The molecule has 5 heteroatoms.